The van der Waals surface area contributed by atoms with Gasteiger partial charge in [0.1, 0.15) is 0 Å². The lowest BCUT2D eigenvalue weighted by molar-refractivity contribution is -0.118. The highest BCUT2D eigenvalue weighted by atomic mass is 16.2. The van der Waals surface area contributed by atoms with Crippen LogP contribution in [0.4, 0.5) is 5.69 Å². The van der Waals surface area contributed by atoms with Gasteiger partial charge in [-0.2, -0.15) is 0 Å². The van der Waals surface area contributed by atoms with Crippen molar-refractivity contribution >= 4 is 11.6 Å². The van der Waals surface area contributed by atoms with E-state index in [-0.39, 0.29) is 11.9 Å². The van der Waals surface area contributed by atoms with Crippen LogP contribution in [-0.4, -0.2) is 18.0 Å². The van der Waals surface area contributed by atoms with Gasteiger partial charge in [0.2, 0.25) is 5.91 Å². The molecule has 0 aliphatic heterocycles. The molecule has 1 aromatic rings. The number of anilines is 1. The molecule has 112 valence electrons. The fourth-order valence-electron chi connectivity index (χ4n) is 2.15. The van der Waals surface area contributed by atoms with Gasteiger partial charge in [0, 0.05) is 11.7 Å². The zero-order valence-electron chi connectivity index (χ0n) is 13.2. The Morgan fingerprint density at radius 3 is 2.30 bits per heavy atom. The van der Waals surface area contributed by atoms with Crippen LogP contribution in [0.25, 0.3) is 0 Å². The molecule has 0 heterocycles. The smallest absolute Gasteiger partial charge is 0.241 e. The van der Waals surface area contributed by atoms with Crippen molar-refractivity contribution in [3.8, 4) is 0 Å². The summed E-state index contributed by atoms with van der Waals surface area (Å²) >= 11 is 0. The zero-order valence-corrected chi connectivity index (χ0v) is 13.2. The quantitative estimate of drug-likeness (QED) is 0.759. The first-order valence-corrected chi connectivity index (χ1v) is 7.72. The molecule has 1 amide bonds. The molecular formula is C17H28N2O. The Hall–Kier alpha value is -1.35. The standard InChI is InChI=1S/C17H28N2O/c1-5-7-8-14-9-11-15(12-10-14)19-17(20)16(6-2)18-13(3)4/h9-13,16,18H,5-8H2,1-4H3,(H,19,20)/t16-/m0/s1. The molecule has 0 saturated carbocycles. The maximum atomic E-state index is 12.2. The Morgan fingerprint density at radius 1 is 1.15 bits per heavy atom. The molecule has 0 aliphatic rings. The van der Waals surface area contributed by atoms with Gasteiger partial charge in [-0.1, -0.05) is 46.2 Å². The van der Waals surface area contributed by atoms with E-state index >= 15 is 0 Å². The lowest BCUT2D eigenvalue weighted by atomic mass is 10.1. The van der Waals surface area contributed by atoms with E-state index in [1.54, 1.807) is 0 Å². The van der Waals surface area contributed by atoms with Gasteiger partial charge < -0.3 is 10.6 Å². The molecule has 3 heteroatoms. The highest BCUT2D eigenvalue weighted by Gasteiger charge is 2.16. The summed E-state index contributed by atoms with van der Waals surface area (Å²) in [4.78, 5) is 12.2. The molecule has 1 rings (SSSR count). The fourth-order valence-corrected chi connectivity index (χ4v) is 2.15. The van der Waals surface area contributed by atoms with Crippen LogP contribution in [0.1, 0.15) is 52.5 Å². The van der Waals surface area contributed by atoms with E-state index in [9.17, 15) is 4.79 Å². The van der Waals surface area contributed by atoms with Crippen molar-refractivity contribution in [2.24, 2.45) is 0 Å². The first-order chi connectivity index (χ1) is 9.56. The summed E-state index contributed by atoms with van der Waals surface area (Å²) < 4.78 is 0. The van der Waals surface area contributed by atoms with Crippen molar-refractivity contribution in [2.45, 2.75) is 65.5 Å². The van der Waals surface area contributed by atoms with E-state index in [1.807, 2.05) is 19.1 Å². The average Bonchev–Trinajstić information content (AvgIpc) is 2.43. The Morgan fingerprint density at radius 2 is 1.80 bits per heavy atom. The number of aryl methyl sites for hydroxylation is 1. The lowest BCUT2D eigenvalue weighted by Gasteiger charge is -2.19. The zero-order chi connectivity index (χ0) is 15.0. The summed E-state index contributed by atoms with van der Waals surface area (Å²) in [5.74, 6) is 0.0440. The average molecular weight is 276 g/mol. The second-order valence-corrected chi connectivity index (χ2v) is 5.57. The number of nitrogens with one attached hydrogen (secondary N) is 2. The van der Waals surface area contributed by atoms with Crippen LogP contribution in [0, 0.1) is 0 Å². The Labute approximate surface area is 123 Å². The molecule has 3 nitrogen and oxygen atoms in total. The van der Waals surface area contributed by atoms with Crippen LogP contribution < -0.4 is 10.6 Å². The first-order valence-electron chi connectivity index (χ1n) is 7.72. The molecule has 0 bridgehead atoms. The molecule has 1 atom stereocenters. The van der Waals surface area contributed by atoms with E-state index in [2.05, 4.69) is 43.5 Å². The van der Waals surface area contributed by atoms with E-state index in [4.69, 9.17) is 0 Å². The molecule has 0 unspecified atom stereocenters. The molecule has 0 saturated heterocycles. The predicted octanol–water partition coefficient (Wildman–Crippen LogP) is 3.74. The normalized spacial score (nSPS) is 12.4. The largest absolute Gasteiger partial charge is 0.325 e. The van der Waals surface area contributed by atoms with Gasteiger partial charge in [-0.15, -0.1) is 0 Å². The molecule has 20 heavy (non-hydrogen) atoms. The first kappa shape index (κ1) is 16.7. The molecular weight excluding hydrogens is 248 g/mol. The number of amides is 1. The number of carbonyl (C=O) groups excluding carboxylic acids is 1. The summed E-state index contributed by atoms with van der Waals surface area (Å²) in [7, 11) is 0. The third-order valence-electron chi connectivity index (χ3n) is 3.30. The third kappa shape index (κ3) is 5.74. The monoisotopic (exact) mass is 276 g/mol. The van der Waals surface area contributed by atoms with Gasteiger partial charge in [-0.3, -0.25) is 4.79 Å². The van der Waals surface area contributed by atoms with Gasteiger partial charge in [-0.05, 0) is 37.0 Å². The van der Waals surface area contributed by atoms with E-state index in [0.29, 0.717) is 6.04 Å². The van der Waals surface area contributed by atoms with Gasteiger partial charge >= 0.3 is 0 Å². The maximum absolute atomic E-state index is 12.2. The van der Waals surface area contributed by atoms with Crippen LogP contribution in [0.3, 0.4) is 0 Å². The number of unbranched alkanes of at least 4 members (excludes halogenated alkanes) is 1. The molecule has 0 fully saturated rings. The Kier molecular flexibility index (Phi) is 7.31. The molecule has 2 N–H and O–H groups in total. The minimum atomic E-state index is -0.130. The van der Waals surface area contributed by atoms with Crippen molar-refractivity contribution in [3.63, 3.8) is 0 Å². The summed E-state index contributed by atoms with van der Waals surface area (Å²) in [5.41, 5.74) is 2.21. The van der Waals surface area contributed by atoms with Crippen molar-refractivity contribution in [2.75, 3.05) is 5.32 Å². The van der Waals surface area contributed by atoms with Crippen LogP contribution in [0.15, 0.2) is 24.3 Å². The van der Waals surface area contributed by atoms with E-state index < -0.39 is 0 Å². The predicted molar refractivity (Wildman–Crippen MR) is 86.0 cm³/mol. The topological polar surface area (TPSA) is 41.1 Å². The van der Waals surface area contributed by atoms with Crippen molar-refractivity contribution in [3.05, 3.63) is 29.8 Å². The Bertz CT molecular complexity index is 398. The lowest BCUT2D eigenvalue weighted by Crippen LogP contribution is -2.43. The molecule has 0 radical (unpaired) electrons. The third-order valence-corrected chi connectivity index (χ3v) is 3.30. The molecule has 1 aromatic carbocycles. The van der Waals surface area contributed by atoms with E-state index in [0.717, 1.165) is 18.5 Å². The summed E-state index contributed by atoms with van der Waals surface area (Å²) in [6.07, 6.45) is 4.31. The second-order valence-electron chi connectivity index (χ2n) is 5.57. The van der Waals surface area contributed by atoms with Gasteiger partial charge in [0.15, 0.2) is 0 Å². The number of benzene rings is 1. The Balaban J connectivity index is 2.56. The SMILES string of the molecule is CCCCc1ccc(NC(=O)[C@H](CC)NC(C)C)cc1. The summed E-state index contributed by atoms with van der Waals surface area (Å²) in [6.45, 7) is 8.33. The van der Waals surface area contributed by atoms with E-state index in [1.165, 1.54) is 18.4 Å². The summed E-state index contributed by atoms with van der Waals surface area (Å²) in [5, 5.41) is 6.26. The van der Waals surface area contributed by atoms with Crippen LogP contribution in [-0.2, 0) is 11.2 Å². The molecule has 0 spiro atoms. The van der Waals surface area contributed by atoms with Gasteiger partial charge in [0.25, 0.3) is 0 Å². The summed E-state index contributed by atoms with van der Waals surface area (Å²) in [6, 6.07) is 8.36. The van der Waals surface area contributed by atoms with Crippen LogP contribution >= 0.6 is 0 Å². The maximum Gasteiger partial charge on any atom is 0.241 e. The van der Waals surface area contributed by atoms with Crippen molar-refractivity contribution in [1.29, 1.82) is 0 Å². The fraction of sp³-hybridized carbons (Fsp3) is 0.588. The van der Waals surface area contributed by atoms with Crippen molar-refractivity contribution in [1.82, 2.24) is 5.32 Å². The number of rotatable bonds is 8. The van der Waals surface area contributed by atoms with Crippen LogP contribution in [0.2, 0.25) is 0 Å². The molecule has 0 aliphatic carbocycles. The van der Waals surface area contributed by atoms with Gasteiger partial charge in [-0.25, -0.2) is 0 Å². The van der Waals surface area contributed by atoms with Gasteiger partial charge in [0.05, 0.1) is 6.04 Å². The number of carbonyl (C=O) groups is 1. The molecule has 0 aromatic heterocycles. The minimum Gasteiger partial charge on any atom is -0.325 e. The highest BCUT2D eigenvalue weighted by Crippen LogP contribution is 2.12. The minimum absolute atomic E-state index is 0.0440. The second kappa shape index (κ2) is 8.75. The number of hydrogen-bond donors (Lipinski definition) is 2. The number of hydrogen-bond acceptors (Lipinski definition) is 2. The van der Waals surface area contributed by atoms with Crippen molar-refractivity contribution < 1.29 is 4.79 Å². The van der Waals surface area contributed by atoms with Crippen LogP contribution in [0.5, 0.6) is 0 Å². The highest BCUT2D eigenvalue weighted by molar-refractivity contribution is 5.94.